The molecule has 0 atom stereocenters. The summed E-state index contributed by atoms with van der Waals surface area (Å²) in [6.07, 6.45) is 0. The van der Waals surface area contributed by atoms with E-state index in [0.717, 1.165) is 0 Å². The Morgan fingerprint density at radius 3 is 2.50 bits per heavy atom. The van der Waals surface area contributed by atoms with E-state index in [1.807, 2.05) is 12.1 Å². The van der Waals surface area contributed by atoms with Crippen molar-refractivity contribution in [3.05, 3.63) is 40.7 Å². The maximum absolute atomic E-state index is 12.4. The van der Waals surface area contributed by atoms with Crippen LogP contribution in [0.25, 0.3) is 11.1 Å². The molecule has 0 saturated carbocycles. The molecule has 1 aromatic heterocycles. The first-order valence-corrected chi connectivity index (χ1v) is 5.71. The van der Waals surface area contributed by atoms with Gasteiger partial charge in [0.1, 0.15) is 29.3 Å². The first-order valence-electron chi connectivity index (χ1n) is 5.33. The van der Waals surface area contributed by atoms with Crippen LogP contribution in [0.4, 0.5) is 8.78 Å². The summed E-state index contributed by atoms with van der Waals surface area (Å²) in [6.45, 7) is -3.02. The zero-order chi connectivity index (χ0) is 14.7. The van der Waals surface area contributed by atoms with Crippen molar-refractivity contribution < 1.29 is 13.5 Å². The van der Waals surface area contributed by atoms with Crippen molar-refractivity contribution in [1.82, 2.24) is 4.98 Å². The Hall–Kier alpha value is -2.57. The summed E-state index contributed by atoms with van der Waals surface area (Å²) in [5.74, 6) is -0.160. The lowest BCUT2D eigenvalue weighted by Gasteiger charge is -2.10. The fourth-order valence-electron chi connectivity index (χ4n) is 1.73. The van der Waals surface area contributed by atoms with E-state index in [1.54, 1.807) is 0 Å². The number of halogens is 3. The largest absolute Gasteiger partial charge is 0.434 e. The van der Waals surface area contributed by atoms with Crippen molar-refractivity contribution in [3.8, 4) is 29.0 Å². The molecule has 0 fully saturated rings. The van der Waals surface area contributed by atoms with Crippen LogP contribution >= 0.6 is 11.6 Å². The number of alkyl halides is 2. The Kier molecular flexibility index (Phi) is 3.88. The van der Waals surface area contributed by atoms with Gasteiger partial charge in [-0.2, -0.15) is 19.3 Å². The lowest BCUT2D eigenvalue weighted by molar-refractivity contribution is -0.0494. The van der Waals surface area contributed by atoms with Gasteiger partial charge >= 0.3 is 6.61 Å². The molecule has 1 heterocycles. The highest BCUT2D eigenvalue weighted by Gasteiger charge is 2.17. The number of hydrogen-bond donors (Lipinski definition) is 1. The normalized spacial score (nSPS) is 10.1. The van der Waals surface area contributed by atoms with Crippen LogP contribution in [0.15, 0.2) is 24.3 Å². The lowest BCUT2D eigenvalue weighted by Crippen LogP contribution is -2.03. The zero-order valence-corrected chi connectivity index (χ0v) is 10.6. The average Bonchev–Trinajstić information content (AvgIpc) is 2.81. The third kappa shape index (κ3) is 2.71. The van der Waals surface area contributed by atoms with Gasteiger partial charge in [0.15, 0.2) is 0 Å². The van der Waals surface area contributed by atoms with Gasteiger partial charge in [-0.1, -0.05) is 11.6 Å². The first-order chi connectivity index (χ1) is 9.55. The van der Waals surface area contributed by atoms with Crippen molar-refractivity contribution in [2.75, 3.05) is 0 Å². The van der Waals surface area contributed by atoms with Gasteiger partial charge in [-0.25, -0.2) is 0 Å². The summed E-state index contributed by atoms with van der Waals surface area (Å²) in [5.41, 5.74) is 0.790. The fraction of sp³-hybridized carbons (Fsp3) is 0.0769. The van der Waals surface area contributed by atoms with E-state index in [2.05, 4.69) is 9.72 Å². The summed E-state index contributed by atoms with van der Waals surface area (Å²) >= 11 is 5.74. The molecule has 2 aromatic rings. The number of rotatable bonds is 3. The molecule has 0 aliphatic rings. The third-order valence-electron chi connectivity index (χ3n) is 2.50. The van der Waals surface area contributed by atoms with Crippen LogP contribution in [0.5, 0.6) is 5.75 Å². The van der Waals surface area contributed by atoms with Crippen LogP contribution in [0.2, 0.25) is 5.02 Å². The van der Waals surface area contributed by atoms with Gasteiger partial charge in [-0.05, 0) is 24.3 Å². The number of nitriles is 2. The molecule has 2 rings (SSSR count). The van der Waals surface area contributed by atoms with Crippen molar-refractivity contribution >= 4 is 11.6 Å². The van der Waals surface area contributed by atoms with Crippen LogP contribution in [0.3, 0.4) is 0 Å². The number of aromatic nitrogens is 1. The van der Waals surface area contributed by atoms with Gasteiger partial charge < -0.3 is 9.72 Å². The molecule has 0 saturated heterocycles. The van der Waals surface area contributed by atoms with Crippen LogP contribution < -0.4 is 4.74 Å². The molecular weight excluding hydrogens is 288 g/mol. The van der Waals surface area contributed by atoms with Crippen LogP contribution in [0, 0.1) is 22.7 Å². The highest BCUT2D eigenvalue weighted by Crippen LogP contribution is 2.35. The molecule has 0 aliphatic heterocycles. The standard InChI is InChI=1S/C13H6ClF2N3O/c14-7-1-2-9(12(3-7)20-13(15)16)10-4-8(5-17)19-11(10)6-18/h1-4,13,19H. The van der Waals surface area contributed by atoms with Gasteiger partial charge in [0.2, 0.25) is 0 Å². The second-order valence-corrected chi connectivity index (χ2v) is 4.15. The van der Waals surface area contributed by atoms with E-state index >= 15 is 0 Å². The Balaban J connectivity index is 2.61. The van der Waals surface area contributed by atoms with Crippen molar-refractivity contribution in [3.63, 3.8) is 0 Å². The molecule has 0 spiro atoms. The van der Waals surface area contributed by atoms with Gasteiger partial charge in [0, 0.05) is 16.1 Å². The maximum Gasteiger partial charge on any atom is 0.387 e. The fourth-order valence-corrected chi connectivity index (χ4v) is 1.89. The Morgan fingerprint density at radius 2 is 1.90 bits per heavy atom. The van der Waals surface area contributed by atoms with Crippen LogP contribution in [-0.2, 0) is 0 Å². The smallest absolute Gasteiger partial charge is 0.387 e. The quantitative estimate of drug-likeness (QED) is 0.938. The van der Waals surface area contributed by atoms with Gasteiger partial charge in [-0.15, -0.1) is 0 Å². The number of H-pyrrole nitrogens is 1. The zero-order valence-electron chi connectivity index (χ0n) is 9.82. The summed E-state index contributed by atoms with van der Waals surface area (Å²) in [7, 11) is 0. The van der Waals surface area contributed by atoms with Gasteiger partial charge in [0.25, 0.3) is 0 Å². The SMILES string of the molecule is N#Cc1cc(-c2ccc(Cl)cc2OC(F)F)c(C#N)[nH]1. The van der Waals surface area contributed by atoms with E-state index in [0.29, 0.717) is 5.56 Å². The minimum absolute atomic E-state index is 0.0861. The van der Waals surface area contributed by atoms with Gasteiger partial charge in [-0.3, -0.25) is 0 Å². The Morgan fingerprint density at radius 1 is 1.15 bits per heavy atom. The molecular formula is C13H6ClF2N3O. The van der Waals surface area contributed by atoms with E-state index in [9.17, 15) is 8.78 Å². The first kappa shape index (κ1) is 13.9. The topological polar surface area (TPSA) is 72.6 Å². The predicted octanol–water partition coefficient (Wildman–Crippen LogP) is 3.68. The predicted molar refractivity (Wildman–Crippen MR) is 67.3 cm³/mol. The molecule has 100 valence electrons. The summed E-state index contributed by atoms with van der Waals surface area (Å²) in [4.78, 5) is 2.58. The Labute approximate surface area is 117 Å². The molecule has 1 N–H and O–H groups in total. The molecule has 0 aliphatic carbocycles. The second-order valence-electron chi connectivity index (χ2n) is 3.71. The third-order valence-corrected chi connectivity index (χ3v) is 2.73. The maximum atomic E-state index is 12.4. The molecule has 0 radical (unpaired) electrons. The molecule has 1 aromatic carbocycles. The molecule has 7 heteroatoms. The summed E-state index contributed by atoms with van der Waals surface area (Å²) < 4.78 is 29.2. The van der Waals surface area contributed by atoms with E-state index in [-0.39, 0.29) is 27.7 Å². The number of benzene rings is 1. The van der Waals surface area contributed by atoms with Crippen molar-refractivity contribution in [2.24, 2.45) is 0 Å². The summed E-state index contributed by atoms with van der Waals surface area (Å²) in [6, 6.07) is 9.25. The number of nitrogens with zero attached hydrogens (tertiary/aromatic N) is 2. The van der Waals surface area contributed by atoms with E-state index in [1.165, 1.54) is 24.3 Å². The van der Waals surface area contributed by atoms with Crippen molar-refractivity contribution in [2.45, 2.75) is 6.61 Å². The number of aromatic amines is 1. The molecule has 0 amide bonds. The molecule has 20 heavy (non-hydrogen) atoms. The minimum atomic E-state index is -3.02. The number of nitrogens with one attached hydrogen (secondary N) is 1. The highest BCUT2D eigenvalue weighted by molar-refractivity contribution is 6.30. The number of ether oxygens (including phenoxy) is 1. The second kappa shape index (κ2) is 5.60. The van der Waals surface area contributed by atoms with E-state index < -0.39 is 6.61 Å². The highest BCUT2D eigenvalue weighted by atomic mass is 35.5. The van der Waals surface area contributed by atoms with Gasteiger partial charge in [0.05, 0.1) is 0 Å². The monoisotopic (exact) mass is 293 g/mol. The molecule has 4 nitrogen and oxygen atoms in total. The van der Waals surface area contributed by atoms with Crippen LogP contribution in [0.1, 0.15) is 11.4 Å². The Bertz CT molecular complexity index is 728. The lowest BCUT2D eigenvalue weighted by atomic mass is 10.0. The average molecular weight is 294 g/mol. The minimum Gasteiger partial charge on any atom is -0.434 e. The molecule has 0 unspecified atom stereocenters. The number of hydrogen-bond acceptors (Lipinski definition) is 3. The molecule has 0 bridgehead atoms. The van der Waals surface area contributed by atoms with Crippen molar-refractivity contribution in [1.29, 1.82) is 10.5 Å². The van der Waals surface area contributed by atoms with Crippen LogP contribution in [-0.4, -0.2) is 11.6 Å². The van der Waals surface area contributed by atoms with E-state index in [4.69, 9.17) is 22.1 Å². The summed E-state index contributed by atoms with van der Waals surface area (Å²) in [5, 5.41) is 18.0.